The predicted molar refractivity (Wildman–Crippen MR) is 40.5 cm³/mol. The number of carboxylic acid groups (broad SMARTS) is 1. The minimum atomic E-state index is -0.801. The van der Waals surface area contributed by atoms with Crippen molar-refractivity contribution in [1.29, 1.82) is 0 Å². The number of rotatable bonds is 2. The van der Waals surface area contributed by atoms with Gasteiger partial charge in [-0.05, 0) is 11.8 Å². The number of nitrogens with one attached hydrogen (secondary N) is 1. The average Bonchev–Trinajstić information content (AvgIpc) is 2.35. The van der Waals surface area contributed by atoms with Crippen LogP contribution in [0.1, 0.15) is 13.3 Å². The molecule has 0 fully saturated rings. The Balaban J connectivity index is 2.70. The molecule has 0 aromatic heterocycles. The number of aliphatic carboxylic acids is 1. The van der Waals surface area contributed by atoms with Crippen LogP contribution in [0.15, 0.2) is 11.6 Å². The Bertz CT molecular complexity index is 171. The van der Waals surface area contributed by atoms with Crippen molar-refractivity contribution in [3.8, 4) is 0 Å². The zero-order valence-electron chi connectivity index (χ0n) is 5.63. The molecule has 0 spiro atoms. The van der Waals surface area contributed by atoms with Gasteiger partial charge in [0.25, 0.3) is 0 Å². The van der Waals surface area contributed by atoms with E-state index < -0.39 is 10.8 Å². The average molecular weight is 159 g/mol. The second-order valence-corrected chi connectivity index (χ2v) is 3.26. The molecule has 0 radical (unpaired) electrons. The van der Waals surface area contributed by atoms with Crippen LogP contribution in [-0.4, -0.2) is 15.9 Å². The molecule has 0 amide bonds. The topological polar surface area (TPSA) is 49.3 Å². The molecule has 1 rings (SSSR count). The first kappa shape index (κ1) is 7.47. The fraction of sp³-hybridized carbons (Fsp3) is 0.500. The second-order valence-electron chi connectivity index (χ2n) is 2.05. The standard InChI is InChI=1S/C6H9NO2S/c1-2-6(5(8)9)7-3-4-10-6/h3-4,7H,2H2,1H3,(H,8,9)/t6-/m0/s1. The number of hydrogen-bond donors (Lipinski definition) is 2. The summed E-state index contributed by atoms with van der Waals surface area (Å²) < 4.78 is 0. The molecule has 0 aliphatic carbocycles. The Morgan fingerprint density at radius 3 is 2.80 bits per heavy atom. The molecule has 4 heteroatoms. The Morgan fingerprint density at radius 2 is 2.60 bits per heavy atom. The number of carboxylic acids is 1. The largest absolute Gasteiger partial charge is 0.479 e. The van der Waals surface area contributed by atoms with Gasteiger partial charge in [-0.1, -0.05) is 18.7 Å². The quantitative estimate of drug-likeness (QED) is 0.630. The highest BCUT2D eigenvalue weighted by Gasteiger charge is 2.37. The zero-order valence-corrected chi connectivity index (χ0v) is 6.44. The summed E-state index contributed by atoms with van der Waals surface area (Å²) in [6.45, 7) is 1.85. The van der Waals surface area contributed by atoms with E-state index >= 15 is 0 Å². The van der Waals surface area contributed by atoms with E-state index in [1.807, 2.05) is 6.92 Å². The van der Waals surface area contributed by atoms with Crippen molar-refractivity contribution in [3.63, 3.8) is 0 Å². The molecule has 0 saturated heterocycles. The maximum absolute atomic E-state index is 10.6. The van der Waals surface area contributed by atoms with Gasteiger partial charge in [-0.3, -0.25) is 0 Å². The van der Waals surface area contributed by atoms with E-state index in [1.165, 1.54) is 11.8 Å². The number of carbonyl (C=O) groups is 1. The summed E-state index contributed by atoms with van der Waals surface area (Å²) in [7, 11) is 0. The molecule has 0 bridgehead atoms. The Morgan fingerprint density at radius 1 is 1.90 bits per heavy atom. The monoisotopic (exact) mass is 159 g/mol. The summed E-state index contributed by atoms with van der Waals surface area (Å²) in [6, 6.07) is 0. The maximum Gasteiger partial charge on any atom is 0.340 e. The molecule has 1 heterocycles. The van der Waals surface area contributed by atoms with Gasteiger partial charge in [0.05, 0.1) is 0 Å². The fourth-order valence-electron chi connectivity index (χ4n) is 0.802. The van der Waals surface area contributed by atoms with Crippen LogP contribution < -0.4 is 5.32 Å². The van der Waals surface area contributed by atoms with Gasteiger partial charge in [-0.25, -0.2) is 4.79 Å². The van der Waals surface area contributed by atoms with Crippen LogP contribution in [0.2, 0.25) is 0 Å². The predicted octanol–water partition coefficient (Wildman–Crippen LogP) is 0.985. The van der Waals surface area contributed by atoms with Gasteiger partial charge in [0.15, 0.2) is 4.87 Å². The van der Waals surface area contributed by atoms with Gasteiger partial charge in [-0.2, -0.15) is 0 Å². The van der Waals surface area contributed by atoms with E-state index in [0.29, 0.717) is 6.42 Å². The zero-order chi connectivity index (χ0) is 7.61. The molecular formula is C6H9NO2S. The smallest absolute Gasteiger partial charge is 0.340 e. The van der Waals surface area contributed by atoms with Gasteiger partial charge in [0.1, 0.15) is 0 Å². The lowest BCUT2D eigenvalue weighted by Crippen LogP contribution is -2.43. The van der Waals surface area contributed by atoms with Crippen molar-refractivity contribution in [2.75, 3.05) is 0 Å². The van der Waals surface area contributed by atoms with Crippen molar-refractivity contribution in [1.82, 2.24) is 5.32 Å². The van der Waals surface area contributed by atoms with Crippen molar-refractivity contribution in [3.05, 3.63) is 11.6 Å². The van der Waals surface area contributed by atoms with E-state index in [9.17, 15) is 4.79 Å². The minimum Gasteiger partial charge on any atom is -0.479 e. The summed E-state index contributed by atoms with van der Waals surface area (Å²) in [4.78, 5) is 9.84. The van der Waals surface area contributed by atoms with E-state index in [0.717, 1.165) is 0 Å². The second kappa shape index (κ2) is 2.54. The van der Waals surface area contributed by atoms with Crippen LogP contribution in [-0.2, 0) is 4.79 Å². The third-order valence-corrected chi connectivity index (χ3v) is 2.75. The van der Waals surface area contributed by atoms with Crippen LogP contribution in [0, 0.1) is 0 Å². The molecule has 3 nitrogen and oxygen atoms in total. The molecule has 1 aliphatic heterocycles. The van der Waals surface area contributed by atoms with E-state index in [4.69, 9.17) is 5.11 Å². The van der Waals surface area contributed by atoms with E-state index in [-0.39, 0.29) is 0 Å². The summed E-state index contributed by atoms with van der Waals surface area (Å²) in [5.74, 6) is -0.801. The third kappa shape index (κ3) is 0.988. The van der Waals surface area contributed by atoms with Gasteiger partial charge in [0.2, 0.25) is 0 Å². The highest BCUT2D eigenvalue weighted by Crippen LogP contribution is 2.31. The maximum atomic E-state index is 10.6. The first-order valence-corrected chi connectivity index (χ1v) is 3.93. The van der Waals surface area contributed by atoms with Crippen molar-refractivity contribution in [2.24, 2.45) is 0 Å². The molecule has 56 valence electrons. The van der Waals surface area contributed by atoms with Crippen LogP contribution in [0.4, 0.5) is 0 Å². The molecule has 10 heavy (non-hydrogen) atoms. The van der Waals surface area contributed by atoms with Crippen LogP contribution in [0.3, 0.4) is 0 Å². The Kier molecular flexibility index (Phi) is 1.89. The highest BCUT2D eigenvalue weighted by molar-refractivity contribution is 8.04. The first-order chi connectivity index (χ1) is 4.71. The van der Waals surface area contributed by atoms with Gasteiger partial charge < -0.3 is 10.4 Å². The molecule has 0 unspecified atom stereocenters. The lowest BCUT2D eigenvalue weighted by molar-refractivity contribution is -0.140. The molecular weight excluding hydrogens is 150 g/mol. The normalized spacial score (nSPS) is 30.1. The molecule has 2 N–H and O–H groups in total. The Labute approximate surface area is 63.5 Å². The SMILES string of the molecule is CC[C@]1(C(=O)O)NC=CS1. The van der Waals surface area contributed by atoms with Crippen molar-refractivity contribution in [2.45, 2.75) is 18.2 Å². The van der Waals surface area contributed by atoms with Crippen molar-refractivity contribution >= 4 is 17.7 Å². The molecule has 0 aromatic carbocycles. The van der Waals surface area contributed by atoms with Crippen molar-refractivity contribution < 1.29 is 9.90 Å². The fourth-order valence-corrected chi connectivity index (χ4v) is 1.57. The first-order valence-electron chi connectivity index (χ1n) is 3.05. The summed E-state index contributed by atoms with van der Waals surface area (Å²) in [6.07, 6.45) is 2.25. The van der Waals surface area contributed by atoms with Gasteiger partial charge in [-0.15, -0.1) is 0 Å². The number of thioether (sulfide) groups is 1. The van der Waals surface area contributed by atoms with Crippen LogP contribution >= 0.6 is 11.8 Å². The highest BCUT2D eigenvalue weighted by atomic mass is 32.2. The summed E-state index contributed by atoms with van der Waals surface area (Å²) in [5, 5.41) is 13.3. The summed E-state index contributed by atoms with van der Waals surface area (Å²) >= 11 is 1.31. The lowest BCUT2D eigenvalue weighted by Gasteiger charge is -2.21. The van der Waals surface area contributed by atoms with Gasteiger partial charge >= 0.3 is 5.97 Å². The van der Waals surface area contributed by atoms with E-state index in [2.05, 4.69) is 5.32 Å². The lowest BCUT2D eigenvalue weighted by atomic mass is 10.2. The third-order valence-electron chi connectivity index (χ3n) is 1.50. The molecule has 1 atom stereocenters. The van der Waals surface area contributed by atoms with Crippen LogP contribution in [0.25, 0.3) is 0 Å². The van der Waals surface area contributed by atoms with Crippen LogP contribution in [0.5, 0.6) is 0 Å². The number of hydrogen-bond acceptors (Lipinski definition) is 3. The molecule has 0 aromatic rings. The minimum absolute atomic E-state index is 0.583. The van der Waals surface area contributed by atoms with E-state index in [1.54, 1.807) is 11.6 Å². The summed E-state index contributed by atoms with van der Waals surface area (Å²) in [5.41, 5.74) is 0. The molecule has 1 aliphatic rings. The molecule has 0 saturated carbocycles. The Hall–Kier alpha value is -0.640. The van der Waals surface area contributed by atoms with Gasteiger partial charge in [0, 0.05) is 6.20 Å².